The smallest absolute Gasteiger partial charge is 0.238 e. The first kappa shape index (κ1) is 12.3. The lowest BCUT2D eigenvalue weighted by Gasteiger charge is -2.10. The number of hydrogen-bond donors (Lipinski definition) is 2. The van der Waals surface area contributed by atoms with Gasteiger partial charge in [-0.25, -0.2) is 0 Å². The number of carbonyl (C=O) groups excluding carboxylic acids is 1. The van der Waals surface area contributed by atoms with E-state index >= 15 is 0 Å². The Hall–Kier alpha value is -2.21. The molecule has 2 aromatic rings. The van der Waals surface area contributed by atoms with Crippen molar-refractivity contribution >= 4 is 11.6 Å². The molecule has 0 atom stereocenters. The third-order valence-electron chi connectivity index (χ3n) is 2.32. The normalized spacial score (nSPS) is 10.6. The van der Waals surface area contributed by atoms with Crippen LogP contribution in [0.25, 0.3) is 11.3 Å². The zero-order valence-corrected chi connectivity index (χ0v) is 10.3. The van der Waals surface area contributed by atoms with Crippen LogP contribution in [0.3, 0.4) is 0 Å². The summed E-state index contributed by atoms with van der Waals surface area (Å²) in [7, 11) is 3.71. The van der Waals surface area contributed by atoms with Crippen LogP contribution in [-0.4, -0.2) is 46.9 Å². The molecule has 6 heteroatoms. The van der Waals surface area contributed by atoms with Gasteiger partial charge in [0.1, 0.15) is 5.69 Å². The van der Waals surface area contributed by atoms with E-state index in [9.17, 15) is 4.79 Å². The quantitative estimate of drug-likeness (QED) is 0.841. The molecule has 0 spiro atoms. The summed E-state index contributed by atoms with van der Waals surface area (Å²) in [4.78, 5) is 13.5. The van der Waals surface area contributed by atoms with Gasteiger partial charge < -0.3 is 10.2 Å². The summed E-state index contributed by atoms with van der Waals surface area (Å²) in [6, 6.07) is 7.50. The van der Waals surface area contributed by atoms with Gasteiger partial charge in [0, 0.05) is 11.3 Å². The molecule has 0 radical (unpaired) electrons. The fourth-order valence-electron chi connectivity index (χ4n) is 1.58. The Bertz CT molecular complexity index is 521. The zero-order valence-electron chi connectivity index (χ0n) is 10.3. The summed E-state index contributed by atoms with van der Waals surface area (Å²) in [5, 5.41) is 13.2. The van der Waals surface area contributed by atoms with Crippen LogP contribution >= 0.6 is 0 Å². The number of aromatic nitrogens is 3. The minimum atomic E-state index is -0.0442. The Morgan fingerprint density at radius 3 is 2.94 bits per heavy atom. The van der Waals surface area contributed by atoms with Gasteiger partial charge in [-0.3, -0.25) is 4.79 Å². The maximum atomic E-state index is 11.6. The molecule has 1 aromatic heterocycles. The molecule has 94 valence electrons. The van der Waals surface area contributed by atoms with Gasteiger partial charge in [-0.2, -0.15) is 15.4 Å². The van der Waals surface area contributed by atoms with E-state index in [0.717, 1.165) is 16.9 Å². The van der Waals surface area contributed by atoms with Gasteiger partial charge in [0.15, 0.2) is 0 Å². The molecule has 0 unspecified atom stereocenters. The molecule has 1 aromatic carbocycles. The summed E-state index contributed by atoms with van der Waals surface area (Å²) in [5.74, 6) is -0.0442. The molecule has 0 fully saturated rings. The van der Waals surface area contributed by atoms with Gasteiger partial charge in [-0.05, 0) is 26.2 Å². The first-order valence-electron chi connectivity index (χ1n) is 5.56. The standard InChI is InChI=1S/C12H15N5O/c1-17(2)8-12(18)14-10-5-3-4-9(6-10)11-7-13-16-15-11/h3-7H,8H2,1-2H3,(H,14,18)(H,13,15,16). The third-order valence-corrected chi connectivity index (χ3v) is 2.32. The maximum Gasteiger partial charge on any atom is 0.238 e. The Kier molecular flexibility index (Phi) is 3.69. The molecule has 1 heterocycles. The second-order valence-electron chi connectivity index (χ2n) is 4.22. The summed E-state index contributed by atoms with van der Waals surface area (Å²) in [5.41, 5.74) is 2.41. The number of rotatable bonds is 4. The first-order chi connectivity index (χ1) is 8.65. The van der Waals surface area contributed by atoms with E-state index < -0.39 is 0 Å². The number of aromatic amines is 1. The second kappa shape index (κ2) is 5.42. The van der Waals surface area contributed by atoms with Crippen molar-refractivity contribution in [2.24, 2.45) is 0 Å². The molecular weight excluding hydrogens is 230 g/mol. The molecule has 0 aliphatic heterocycles. The topological polar surface area (TPSA) is 73.9 Å². The SMILES string of the molecule is CN(C)CC(=O)Nc1cccc(-c2cn[nH]n2)c1. The van der Waals surface area contributed by atoms with Crippen molar-refractivity contribution in [2.45, 2.75) is 0 Å². The molecule has 6 nitrogen and oxygen atoms in total. The first-order valence-corrected chi connectivity index (χ1v) is 5.56. The number of nitrogens with zero attached hydrogens (tertiary/aromatic N) is 3. The molecule has 2 rings (SSSR count). The largest absolute Gasteiger partial charge is 0.325 e. The van der Waals surface area contributed by atoms with Gasteiger partial charge >= 0.3 is 0 Å². The Balaban J connectivity index is 2.11. The summed E-state index contributed by atoms with van der Waals surface area (Å²) >= 11 is 0. The molecule has 0 saturated carbocycles. The number of H-pyrrole nitrogens is 1. The van der Waals surface area contributed by atoms with E-state index in [1.165, 1.54) is 0 Å². The Labute approximate surface area is 105 Å². The molecular formula is C12H15N5O. The minimum absolute atomic E-state index is 0.0442. The number of amides is 1. The van der Waals surface area contributed by atoms with Crippen LogP contribution in [0.4, 0.5) is 5.69 Å². The second-order valence-corrected chi connectivity index (χ2v) is 4.22. The molecule has 0 saturated heterocycles. The maximum absolute atomic E-state index is 11.6. The van der Waals surface area contributed by atoms with Crippen molar-refractivity contribution < 1.29 is 4.79 Å². The molecule has 1 amide bonds. The monoisotopic (exact) mass is 245 g/mol. The predicted octanol–water partition coefficient (Wildman–Crippen LogP) is 0.972. The van der Waals surface area contributed by atoms with E-state index in [4.69, 9.17) is 0 Å². The lowest BCUT2D eigenvalue weighted by molar-refractivity contribution is -0.116. The highest BCUT2D eigenvalue weighted by atomic mass is 16.2. The summed E-state index contributed by atoms with van der Waals surface area (Å²) < 4.78 is 0. The number of likely N-dealkylation sites (N-methyl/N-ethyl adjacent to an activating group) is 1. The average molecular weight is 245 g/mol. The predicted molar refractivity (Wildman–Crippen MR) is 69.0 cm³/mol. The van der Waals surface area contributed by atoms with Crippen molar-refractivity contribution in [3.8, 4) is 11.3 Å². The van der Waals surface area contributed by atoms with E-state index in [1.54, 1.807) is 6.20 Å². The van der Waals surface area contributed by atoms with Crippen molar-refractivity contribution in [2.75, 3.05) is 26.0 Å². The lowest BCUT2D eigenvalue weighted by atomic mass is 10.1. The van der Waals surface area contributed by atoms with Crippen LogP contribution in [-0.2, 0) is 4.79 Å². The number of anilines is 1. The molecule has 0 bridgehead atoms. The van der Waals surface area contributed by atoms with Gasteiger partial charge in [-0.15, -0.1) is 0 Å². The lowest BCUT2D eigenvalue weighted by Crippen LogP contribution is -2.27. The molecule has 2 N–H and O–H groups in total. The van der Waals surface area contributed by atoms with Crippen LogP contribution in [0.1, 0.15) is 0 Å². The summed E-state index contributed by atoms with van der Waals surface area (Å²) in [6.07, 6.45) is 1.64. The van der Waals surface area contributed by atoms with Crippen LogP contribution in [0.5, 0.6) is 0 Å². The van der Waals surface area contributed by atoms with Gasteiger partial charge in [-0.1, -0.05) is 12.1 Å². The highest BCUT2D eigenvalue weighted by molar-refractivity contribution is 5.92. The minimum Gasteiger partial charge on any atom is -0.325 e. The van der Waals surface area contributed by atoms with Crippen molar-refractivity contribution in [3.05, 3.63) is 30.5 Å². The summed E-state index contributed by atoms with van der Waals surface area (Å²) in [6.45, 7) is 0.355. The fourth-order valence-corrected chi connectivity index (χ4v) is 1.58. The van der Waals surface area contributed by atoms with E-state index in [-0.39, 0.29) is 5.91 Å². The number of benzene rings is 1. The van der Waals surface area contributed by atoms with Gasteiger partial charge in [0.2, 0.25) is 5.91 Å². The number of nitrogens with one attached hydrogen (secondary N) is 2. The van der Waals surface area contributed by atoms with Gasteiger partial charge in [0.25, 0.3) is 0 Å². The van der Waals surface area contributed by atoms with Crippen LogP contribution in [0.15, 0.2) is 30.5 Å². The third kappa shape index (κ3) is 3.14. The van der Waals surface area contributed by atoms with Crippen molar-refractivity contribution in [1.29, 1.82) is 0 Å². The van der Waals surface area contributed by atoms with Crippen molar-refractivity contribution in [3.63, 3.8) is 0 Å². The average Bonchev–Trinajstić information content (AvgIpc) is 2.81. The van der Waals surface area contributed by atoms with E-state index in [2.05, 4.69) is 20.7 Å². The highest BCUT2D eigenvalue weighted by Gasteiger charge is 2.05. The van der Waals surface area contributed by atoms with E-state index in [0.29, 0.717) is 6.54 Å². The van der Waals surface area contributed by atoms with Gasteiger partial charge in [0.05, 0.1) is 12.7 Å². The molecule has 0 aliphatic carbocycles. The van der Waals surface area contributed by atoms with E-state index in [1.807, 2.05) is 43.3 Å². The van der Waals surface area contributed by atoms with Crippen LogP contribution < -0.4 is 5.32 Å². The number of hydrogen-bond acceptors (Lipinski definition) is 4. The number of carbonyl (C=O) groups is 1. The van der Waals surface area contributed by atoms with Crippen molar-refractivity contribution in [1.82, 2.24) is 20.3 Å². The Morgan fingerprint density at radius 1 is 1.44 bits per heavy atom. The van der Waals surface area contributed by atoms with Crippen LogP contribution in [0, 0.1) is 0 Å². The highest BCUT2D eigenvalue weighted by Crippen LogP contribution is 2.19. The zero-order chi connectivity index (χ0) is 13.0. The molecule has 18 heavy (non-hydrogen) atoms. The fraction of sp³-hybridized carbons (Fsp3) is 0.250. The Morgan fingerprint density at radius 2 is 2.28 bits per heavy atom. The molecule has 0 aliphatic rings. The van der Waals surface area contributed by atoms with Crippen LogP contribution in [0.2, 0.25) is 0 Å².